The number of aliphatic carboxylic acids is 1. The monoisotopic (exact) mass is 269 g/mol. The van der Waals surface area contributed by atoms with Crippen molar-refractivity contribution >= 4 is 5.97 Å². The average molecular weight is 269 g/mol. The maximum Gasteiger partial charge on any atom is 0.320 e. The molecule has 0 spiro atoms. The Bertz CT molecular complexity index is 422. The molecule has 0 aliphatic heterocycles. The van der Waals surface area contributed by atoms with Crippen LogP contribution >= 0.6 is 0 Å². The summed E-state index contributed by atoms with van der Waals surface area (Å²) in [7, 11) is 4.62. The van der Waals surface area contributed by atoms with Crippen molar-refractivity contribution in [3.63, 3.8) is 0 Å². The fourth-order valence-electron chi connectivity index (χ4n) is 1.75. The molecule has 0 heterocycles. The molecule has 19 heavy (non-hydrogen) atoms. The van der Waals surface area contributed by atoms with Crippen LogP contribution in [0.3, 0.4) is 0 Å². The van der Waals surface area contributed by atoms with Crippen LogP contribution in [-0.2, 0) is 11.2 Å². The van der Waals surface area contributed by atoms with Crippen LogP contribution in [0.15, 0.2) is 12.1 Å². The SMILES string of the molecule is COc1cc(OC)c(CCC(N)C(=O)O)c(OC)c1. The summed E-state index contributed by atoms with van der Waals surface area (Å²) >= 11 is 0. The molecule has 1 rings (SSSR count). The van der Waals surface area contributed by atoms with Crippen LogP contribution in [0.4, 0.5) is 0 Å². The summed E-state index contributed by atoms with van der Waals surface area (Å²) < 4.78 is 15.7. The number of carboxylic acid groups (broad SMARTS) is 1. The topological polar surface area (TPSA) is 91.0 Å². The first kappa shape index (κ1) is 15.1. The van der Waals surface area contributed by atoms with Gasteiger partial charge < -0.3 is 25.1 Å². The van der Waals surface area contributed by atoms with Crippen molar-refractivity contribution in [1.29, 1.82) is 0 Å². The van der Waals surface area contributed by atoms with Crippen LogP contribution in [-0.4, -0.2) is 38.4 Å². The van der Waals surface area contributed by atoms with Gasteiger partial charge in [-0.2, -0.15) is 0 Å². The molecule has 106 valence electrons. The molecule has 1 unspecified atom stereocenters. The van der Waals surface area contributed by atoms with E-state index in [0.29, 0.717) is 30.1 Å². The predicted octanol–water partition coefficient (Wildman–Crippen LogP) is 1.06. The van der Waals surface area contributed by atoms with E-state index >= 15 is 0 Å². The molecule has 3 N–H and O–H groups in total. The normalized spacial score (nSPS) is 11.8. The van der Waals surface area contributed by atoms with Crippen LogP contribution in [0, 0.1) is 0 Å². The summed E-state index contributed by atoms with van der Waals surface area (Å²) in [6, 6.07) is 2.55. The molecule has 0 aliphatic carbocycles. The number of nitrogens with two attached hydrogens (primary N) is 1. The summed E-state index contributed by atoms with van der Waals surface area (Å²) in [6.45, 7) is 0. The Kier molecular flexibility index (Phi) is 5.44. The summed E-state index contributed by atoms with van der Waals surface area (Å²) in [4.78, 5) is 10.7. The first-order valence-corrected chi connectivity index (χ1v) is 5.80. The third-order valence-corrected chi connectivity index (χ3v) is 2.84. The first-order chi connectivity index (χ1) is 9.03. The number of rotatable bonds is 7. The lowest BCUT2D eigenvalue weighted by Crippen LogP contribution is -2.30. The van der Waals surface area contributed by atoms with Gasteiger partial charge in [0.05, 0.1) is 21.3 Å². The Hall–Kier alpha value is -1.95. The molecule has 0 amide bonds. The highest BCUT2D eigenvalue weighted by Gasteiger charge is 2.17. The van der Waals surface area contributed by atoms with Crippen molar-refractivity contribution in [2.75, 3.05) is 21.3 Å². The van der Waals surface area contributed by atoms with Crippen molar-refractivity contribution in [1.82, 2.24) is 0 Å². The highest BCUT2D eigenvalue weighted by molar-refractivity contribution is 5.73. The Morgan fingerprint density at radius 2 is 1.74 bits per heavy atom. The molecule has 1 aromatic rings. The van der Waals surface area contributed by atoms with E-state index in [0.717, 1.165) is 5.56 Å². The molecule has 6 heteroatoms. The molecule has 0 aromatic heterocycles. The van der Waals surface area contributed by atoms with Gasteiger partial charge in [-0.3, -0.25) is 4.79 Å². The van der Waals surface area contributed by atoms with Gasteiger partial charge in [0.25, 0.3) is 0 Å². The van der Waals surface area contributed by atoms with Crippen molar-refractivity contribution in [2.45, 2.75) is 18.9 Å². The Labute approximate surface area is 112 Å². The molecule has 0 aliphatic rings. The highest BCUT2D eigenvalue weighted by atomic mass is 16.5. The fraction of sp³-hybridized carbons (Fsp3) is 0.462. The molecule has 0 fully saturated rings. The molecule has 0 saturated heterocycles. The van der Waals surface area contributed by atoms with Crippen molar-refractivity contribution in [2.24, 2.45) is 5.73 Å². The van der Waals surface area contributed by atoms with E-state index in [1.165, 1.54) is 14.2 Å². The van der Waals surface area contributed by atoms with Gasteiger partial charge in [0.1, 0.15) is 23.3 Å². The van der Waals surface area contributed by atoms with Gasteiger partial charge in [-0.15, -0.1) is 0 Å². The Balaban J connectivity index is 3.00. The molecule has 0 radical (unpaired) electrons. The number of hydrogen-bond acceptors (Lipinski definition) is 5. The zero-order valence-corrected chi connectivity index (χ0v) is 11.3. The van der Waals surface area contributed by atoms with Crippen molar-refractivity contribution in [3.05, 3.63) is 17.7 Å². The highest BCUT2D eigenvalue weighted by Crippen LogP contribution is 2.34. The van der Waals surface area contributed by atoms with Gasteiger partial charge in [0, 0.05) is 17.7 Å². The van der Waals surface area contributed by atoms with Crippen LogP contribution in [0.1, 0.15) is 12.0 Å². The summed E-state index contributed by atoms with van der Waals surface area (Å²) in [5.74, 6) is 0.772. The summed E-state index contributed by atoms with van der Waals surface area (Å²) in [5, 5.41) is 8.79. The minimum atomic E-state index is -1.02. The lowest BCUT2D eigenvalue weighted by atomic mass is 10.0. The third kappa shape index (κ3) is 3.75. The van der Waals surface area contributed by atoms with E-state index in [1.807, 2.05) is 0 Å². The van der Waals surface area contributed by atoms with E-state index in [9.17, 15) is 4.79 Å². The lowest BCUT2D eigenvalue weighted by molar-refractivity contribution is -0.138. The van der Waals surface area contributed by atoms with Gasteiger partial charge >= 0.3 is 5.97 Å². The minimum Gasteiger partial charge on any atom is -0.496 e. The molecule has 0 saturated carbocycles. The average Bonchev–Trinajstić information content (AvgIpc) is 2.43. The van der Waals surface area contributed by atoms with Gasteiger partial charge in [-0.25, -0.2) is 0 Å². The van der Waals surface area contributed by atoms with E-state index in [-0.39, 0.29) is 0 Å². The number of carbonyl (C=O) groups is 1. The first-order valence-electron chi connectivity index (χ1n) is 5.80. The van der Waals surface area contributed by atoms with Crippen LogP contribution in [0.2, 0.25) is 0 Å². The smallest absolute Gasteiger partial charge is 0.320 e. The summed E-state index contributed by atoms with van der Waals surface area (Å²) in [6.07, 6.45) is 0.748. The zero-order valence-electron chi connectivity index (χ0n) is 11.3. The number of benzene rings is 1. The largest absolute Gasteiger partial charge is 0.496 e. The van der Waals surface area contributed by atoms with Gasteiger partial charge in [0.15, 0.2) is 0 Å². The molecule has 0 bridgehead atoms. The van der Waals surface area contributed by atoms with E-state index in [2.05, 4.69) is 0 Å². The zero-order chi connectivity index (χ0) is 14.4. The quantitative estimate of drug-likeness (QED) is 0.769. The van der Waals surface area contributed by atoms with E-state index in [1.54, 1.807) is 19.2 Å². The maximum absolute atomic E-state index is 10.7. The van der Waals surface area contributed by atoms with Gasteiger partial charge in [0.2, 0.25) is 0 Å². The second-order valence-electron chi connectivity index (χ2n) is 3.99. The maximum atomic E-state index is 10.7. The van der Waals surface area contributed by atoms with Crippen LogP contribution in [0.25, 0.3) is 0 Å². The Morgan fingerprint density at radius 3 is 2.11 bits per heavy atom. The molecule has 1 aromatic carbocycles. The number of hydrogen-bond donors (Lipinski definition) is 2. The van der Waals surface area contributed by atoms with Gasteiger partial charge in [-0.05, 0) is 12.8 Å². The van der Waals surface area contributed by atoms with E-state index < -0.39 is 12.0 Å². The number of methoxy groups -OCH3 is 3. The fourth-order valence-corrected chi connectivity index (χ4v) is 1.75. The standard InChI is InChI=1S/C13H19NO5/c1-17-8-6-11(18-2)9(12(7-8)19-3)4-5-10(14)13(15)16/h6-7,10H,4-5,14H2,1-3H3,(H,15,16). The second-order valence-corrected chi connectivity index (χ2v) is 3.99. The predicted molar refractivity (Wildman–Crippen MR) is 70.0 cm³/mol. The van der Waals surface area contributed by atoms with Crippen molar-refractivity contribution < 1.29 is 24.1 Å². The third-order valence-electron chi connectivity index (χ3n) is 2.84. The minimum absolute atomic E-state index is 0.300. The number of ether oxygens (including phenoxy) is 3. The van der Waals surface area contributed by atoms with E-state index in [4.69, 9.17) is 25.1 Å². The second kappa shape index (κ2) is 6.84. The molecule has 1 atom stereocenters. The molecular formula is C13H19NO5. The number of carboxylic acids is 1. The van der Waals surface area contributed by atoms with Crippen LogP contribution in [0.5, 0.6) is 17.2 Å². The molecular weight excluding hydrogens is 250 g/mol. The van der Waals surface area contributed by atoms with Gasteiger partial charge in [-0.1, -0.05) is 0 Å². The van der Waals surface area contributed by atoms with Crippen LogP contribution < -0.4 is 19.9 Å². The van der Waals surface area contributed by atoms with Crippen molar-refractivity contribution in [3.8, 4) is 17.2 Å². The summed E-state index contributed by atoms with van der Waals surface area (Å²) in [5.41, 5.74) is 6.28. The Morgan fingerprint density at radius 1 is 1.21 bits per heavy atom. The lowest BCUT2D eigenvalue weighted by Gasteiger charge is -2.15. The molecule has 6 nitrogen and oxygen atoms in total.